The Morgan fingerprint density at radius 3 is 2.60 bits per heavy atom. The van der Waals surface area contributed by atoms with Crippen molar-refractivity contribution < 1.29 is 13.7 Å². The fraction of sp³-hybridized carbons (Fsp3) is 0.833. The summed E-state index contributed by atoms with van der Waals surface area (Å²) in [6.07, 6.45) is 1.79. The lowest BCUT2D eigenvalue weighted by molar-refractivity contribution is -0.630. The highest BCUT2D eigenvalue weighted by atomic mass is 32.2. The Morgan fingerprint density at radius 2 is 2.20 bits per heavy atom. The average Bonchev–Trinajstić information content (AvgIpc) is 1.86. The molecule has 1 aliphatic heterocycles. The summed E-state index contributed by atoms with van der Waals surface area (Å²) in [7, 11) is 0.870. The van der Waals surface area contributed by atoms with Crippen LogP contribution in [0.5, 0.6) is 0 Å². The minimum Gasteiger partial charge on any atom is -0.476 e. The second-order valence-corrected chi connectivity index (χ2v) is 4.98. The molecule has 1 saturated heterocycles. The van der Waals surface area contributed by atoms with Gasteiger partial charge in [0, 0.05) is 0 Å². The molecule has 1 fully saturated rings. The van der Waals surface area contributed by atoms with E-state index in [-0.39, 0.29) is 6.04 Å². The van der Waals surface area contributed by atoms with Crippen LogP contribution in [0.15, 0.2) is 0 Å². The Bertz CT molecular complexity index is 198. The summed E-state index contributed by atoms with van der Waals surface area (Å²) >= 11 is 0. The van der Waals surface area contributed by atoms with Crippen LogP contribution in [0.4, 0.5) is 0 Å². The lowest BCUT2D eigenvalue weighted by Gasteiger charge is -2.20. The van der Waals surface area contributed by atoms with Crippen molar-refractivity contribution in [1.82, 2.24) is 0 Å². The molecule has 1 heterocycles. The zero-order chi connectivity index (χ0) is 7.61. The highest BCUT2D eigenvalue weighted by Gasteiger charge is 2.24. The molecule has 0 saturated carbocycles. The van der Waals surface area contributed by atoms with Crippen molar-refractivity contribution in [3.63, 3.8) is 0 Å². The maximum atomic E-state index is 11.0. The van der Waals surface area contributed by atoms with Gasteiger partial charge in [-0.1, -0.05) is 0 Å². The van der Waals surface area contributed by atoms with Crippen molar-refractivity contribution in [3.8, 4) is 0 Å². The predicted molar refractivity (Wildman–Crippen MR) is 39.0 cm³/mol. The lowest BCUT2D eigenvalue weighted by atomic mass is 10.2. The predicted octanol–water partition coefficient (Wildman–Crippen LogP) is -1.08. The van der Waals surface area contributed by atoms with Crippen molar-refractivity contribution in [2.24, 2.45) is 0 Å². The van der Waals surface area contributed by atoms with Crippen molar-refractivity contribution in [1.29, 1.82) is 0 Å². The molecule has 0 aromatic heterocycles. The van der Waals surface area contributed by atoms with E-state index in [1.807, 2.05) is 0 Å². The Balaban J connectivity index is 2.56. The summed E-state index contributed by atoms with van der Waals surface area (Å²) in [4.78, 5) is 0. The Labute approximate surface area is 61.7 Å². The topological polar surface area (TPSA) is 50.8 Å². The highest BCUT2D eigenvalue weighted by molar-refractivity contribution is 7.91. The van der Waals surface area contributed by atoms with Crippen molar-refractivity contribution in [2.45, 2.75) is 18.9 Å². The van der Waals surface area contributed by atoms with E-state index in [0.29, 0.717) is 11.5 Å². The minimum absolute atomic E-state index is 0.207. The fourth-order valence-corrected chi connectivity index (χ4v) is 2.97. The summed E-state index contributed by atoms with van der Waals surface area (Å²) in [5.74, 6) is 0.688. The molecule has 3 nitrogen and oxygen atoms in total. The fourth-order valence-electron chi connectivity index (χ4n) is 1.24. The zero-order valence-electron chi connectivity index (χ0n) is 5.91. The first kappa shape index (κ1) is 8.01. The summed E-state index contributed by atoms with van der Waals surface area (Å²) in [6.45, 7) is 0. The number of rotatable bonds is 1. The van der Waals surface area contributed by atoms with Crippen molar-refractivity contribution in [3.05, 3.63) is 7.05 Å². The van der Waals surface area contributed by atoms with Gasteiger partial charge in [-0.25, -0.2) is 8.42 Å². The molecular weight excluding hydrogens is 150 g/mol. The Morgan fingerprint density at radius 1 is 1.50 bits per heavy atom. The van der Waals surface area contributed by atoms with Crippen LogP contribution in [-0.2, 0) is 9.84 Å². The molecule has 1 aliphatic rings. The molecule has 0 bridgehead atoms. The molecule has 2 N–H and O–H groups in total. The van der Waals surface area contributed by atoms with E-state index in [9.17, 15) is 8.42 Å². The Hall–Kier alpha value is -0.0900. The third-order valence-electron chi connectivity index (χ3n) is 1.83. The lowest BCUT2D eigenvalue weighted by Crippen LogP contribution is -2.85. The normalized spacial score (nSPS) is 31.9. The second kappa shape index (κ2) is 2.88. The van der Waals surface area contributed by atoms with E-state index in [1.54, 1.807) is 5.32 Å². The molecule has 0 aromatic carbocycles. The minimum atomic E-state index is -2.72. The first-order valence-electron chi connectivity index (χ1n) is 3.47. The molecule has 4 heteroatoms. The molecular formula is C6H13NO2S. The van der Waals surface area contributed by atoms with Gasteiger partial charge in [-0.2, -0.15) is 7.05 Å². The first-order chi connectivity index (χ1) is 4.64. The molecule has 1 rings (SSSR count). The van der Waals surface area contributed by atoms with Crippen LogP contribution in [0, 0.1) is 7.05 Å². The number of quaternary nitrogens is 1. The Kier molecular flexibility index (Phi) is 2.31. The van der Waals surface area contributed by atoms with Crippen LogP contribution in [0.25, 0.3) is 0 Å². The van der Waals surface area contributed by atoms with Gasteiger partial charge in [-0.3, -0.25) is 0 Å². The third kappa shape index (κ3) is 1.95. The molecule has 0 spiro atoms. The summed E-state index contributed by atoms with van der Waals surface area (Å²) in [6, 6.07) is 0.207. The van der Waals surface area contributed by atoms with Crippen LogP contribution in [0.2, 0.25) is 0 Å². The van der Waals surface area contributed by atoms with E-state index < -0.39 is 9.84 Å². The van der Waals surface area contributed by atoms with Gasteiger partial charge in [-0.15, -0.1) is 0 Å². The van der Waals surface area contributed by atoms with Gasteiger partial charge >= 0.3 is 0 Å². The van der Waals surface area contributed by atoms with Gasteiger partial charge in [0.25, 0.3) is 0 Å². The number of sulfone groups is 1. The van der Waals surface area contributed by atoms with Gasteiger partial charge in [-0.05, 0) is 12.8 Å². The summed E-state index contributed by atoms with van der Waals surface area (Å²) in [5, 5.41) is 1.75. The van der Waals surface area contributed by atoms with Gasteiger partial charge in [0.1, 0.15) is 0 Å². The highest BCUT2D eigenvalue weighted by Crippen LogP contribution is 2.08. The van der Waals surface area contributed by atoms with Crippen LogP contribution in [0.3, 0.4) is 0 Å². The summed E-state index contributed by atoms with van der Waals surface area (Å²) < 4.78 is 21.9. The summed E-state index contributed by atoms with van der Waals surface area (Å²) in [5.41, 5.74) is 0. The van der Waals surface area contributed by atoms with Crippen LogP contribution < -0.4 is 5.32 Å². The zero-order valence-corrected chi connectivity index (χ0v) is 6.73. The van der Waals surface area contributed by atoms with Crippen LogP contribution >= 0.6 is 0 Å². The largest absolute Gasteiger partial charge is 0.476 e. The maximum Gasteiger partial charge on any atom is 0.156 e. The van der Waals surface area contributed by atoms with Crippen LogP contribution in [0.1, 0.15) is 12.8 Å². The number of hydrogen-bond acceptors (Lipinski definition) is 2. The van der Waals surface area contributed by atoms with E-state index >= 15 is 0 Å². The molecule has 1 unspecified atom stereocenters. The van der Waals surface area contributed by atoms with Gasteiger partial charge < -0.3 is 5.32 Å². The maximum absolute atomic E-state index is 11.0. The smallest absolute Gasteiger partial charge is 0.156 e. The van der Waals surface area contributed by atoms with Crippen LogP contribution in [-0.4, -0.2) is 26.0 Å². The molecule has 60 valence electrons. The molecule has 0 radical (unpaired) electrons. The standard InChI is InChI=1S/C6H13NO2S/c1-7-6-3-2-4-10(8,9)5-6/h6H,1-5,7H2. The first-order valence-corrected chi connectivity index (χ1v) is 5.29. The number of nitrogens with two attached hydrogens (primary N) is 1. The molecule has 0 aromatic rings. The SMILES string of the molecule is [CH2-][NH2+]C1CCCS(=O)(=O)C1. The van der Waals surface area contributed by atoms with Gasteiger partial charge in [0.2, 0.25) is 0 Å². The number of hydrogen-bond donors (Lipinski definition) is 1. The van der Waals surface area contributed by atoms with Crippen molar-refractivity contribution >= 4 is 9.84 Å². The average molecular weight is 163 g/mol. The quantitative estimate of drug-likeness (QED) is 0.500. The second-order valence-electron chi connectivity index (χ2n) is 2.75. The van der Waals surface area contributed by atoms with E-state index in [4.69, 9.17) is 0 Å². The van der Waals surface area contributed by atoms with Gasteiger partial charge in [0.15, 0.2) is 9.84 Å². The van der Waals surface area contributed by atoms with Crippen molar-refractivity contribution in [2.75, 3.05) is 11.5 Å². The molecule has 1 atom stereocenters. The van der Waals surface area contributed by atoms with E-state index in [0.717, 1.165) is 12.8 Å². The monoisotopic (exact) mass is 163 g/mol. The van der Waals surface area contributed by atoms with Gasteiger partial charge in [0.05, 0.1) is 17.5 Å². The molecule has 0 amide bonds. The molecule has 10 heavy (non-hydrogen) atoms. The third-order valence-corrected chi connectivity index (χ3v) is 3.68. The molecule has 0 aliphatic carbocycles. The van der Waals surface area contributed by atoms with E-state index in [2.05, 4.69) is 7.05 Å². The van der Waals surface area contributed by atoms with E-state index in [1.165, 1.54) is 0 Å².